The minimum absolute atomic E-state index is 0.234. The Morgan fingerprint density at radius 3 is 2.50 bits per heavy atom. The van der Waals surface area contributed by atoms with Crippen molar-refractivity contribution in [1.29, 1.82) is 0 Å². The molecule has 0 radical (unpaired) electrons. The summed E-state index contributed by atoms with van der Waals surface area (Å²) in [6.07, 6.45) is 0. The van der Waals surface area contributed by atoms with Gasteiger partial charge in [0.1, 0.15) is 11.4 Å². The van der Waals surface area contributed by atoms with E-state index in [1.807, 2.05) is 61.5 Å². The highest BCUT2D eigenvalue weighted by molar-refractivity contribution is 5.88. The molecule has 0 unspecified atom stereocenters. The minimum atomic E-state index is -0.710. The molecule has 1 N–H and O–H groups in total. The Bertz CT molecular complexity index is 1480. The Kier molecular flexibility index (Phi) is 3.99. The molecular weight excluding hydrogens is 382 g/mol. The molecule has 0 aliphatic carbocycles. The molecule has 0 bridgehead atoms. The quantitative estimate of drug-likeness (QED) is 0.503. The number of para-hydroxylation sites is 3. The summed E-state index contributed by atoms with van der Waals surface area (Å²) in [6, 6.07) is 18.7. The molecule has 2 aliphatic rings. The average molecular weight is 399 g/mol. The number of aryl methyl sites for hydroxylation is 1. The summed E-state index contributed by atoms with van der Waals surface area (Å²) in [7, 11) is 1.57. The molecule has 3 heterocycles. The summed E-state index contributed by atoms with van der Waals surface area (Å²) in [6.45, 7) is 1.88. The van der Waals surface area contributed by atoms with Gasteiger partial charge in [0.25, 0.3) is 5.56 Å². The van der Waals surface area contributed by atoms with Crippen molar-refractivity contribution in [2.75, 3.05) is 7.11 Å². The molecule has 0 atom stereocenters. The van der Waals surface area contributed by atoms with E-state index in [2.05, 4.69) is 9.97 Å². The van der Waals surface area contributed by atoms with Gasteiger partial charge in [-0.3, -0.25) is 14.3 Å². The number of pyridine rings is 1. The van der Waals surface area contributed by atoms with Gasteiger partial charge in [-0.15, -0.1) is 0 Å². The predicted molar refractivity (Wildman–Crippen MR) is 113 cm³/mol. The normalized spacial score (nSPS) is 11.3. The molecule has 2 aromatic carbocycles. The SMILES string of the molecule is COc1ccccc1-n1c2nc(=O)[nH]c(=O)c-2cc2c(C)nn(-c3ccccc3)c21. The molecule has 1 aromatic heterocycles. The fourth-order valence-corrected chi connectivity index (χ4v) is 3.70. The summed E-state index contributed by atoms with van der Waals surface area (Å²) >= 11 is 0. The number of ether oxygens (including phenoxy) is 1. The molecule has 0 saturated carbocycles. The smallest absolute Gasteiger partial charge is 0.349 e. The molecule has 0 spiro atoms. The van der Waals surface area contributed by atoms with Gasteiger partial charge in [-0.2, -0.15) is 10.1 Å². The van der Waals surface area contributed by atoms with Crippen LogP contribution in [0.15, 0.2) is 70.3 Å². The van der Waals surface area contributed by atoms with Crippen molar-refractivity contribution in [3.63, 3.8) is 0 Å². The summed E-state index contributed by atoms with van der Waals surface area (Å²) in [5.41, 5.74) is 1.98. The highest BCUT2D eigenvalue weighted by Gasteiger charge is 2.24. The van der Waals surface area contributed by atoms with Crippen LogP contribution in [0.2, 0.25) is 0 Å². The van der Waals surface area contributed by atoms with Crippen LogP contribution < -0.4 is 16.0 Å². The van der Waals surface area contributed by atoms with Crippen molar-refractivity contribution in [2.24, 2.45) is 0 Å². The highest BCUT2D eigenvalue weighted by atomic mass is 16.5. The lowest BCUT2D eigenvalue weighted by Crippen LogP contribution is -2.27. The third-order valence-corrected chi connectivity index (χ3v) is 5.03. The van der Waals surface area contributed by atoms with Crippen LogP contribution in [0.3, 0.4) is 0 Å². The topological polar surface area (TPSA) is 94.8 Å². The second kappa shape index (κ2) is 6.70. The molecule has 8 heteroatoms. The fourth-order valence-electron chi connectivity index (χ4n) is 3.70. The number of aromatic amines is 1. The van der Waals surface area contributed by atoms with Crippen LogP contribution in [-0.4, -0.2) is 31.4 Å². The van der Waals surface area contributed by atoms with Gasteiger partial charge in [0.2, 0.25) is 0 Å². The number of rotatable bonds is 3. The molecule has 148 valence electrons. The van der Waals surface area contributed by atoms with E-state index in [1.165, 1.54) is 0 Å². The van der Waals surface area contributed by atoms with E-state index in [-0.39, 0.29) is 5.82 Å². The van der Waals surface area contributed by atoms with Crippen molar-refractivity contribution in [2.45, 2.75) is 6.92 Å². The second-order valence-electron chi connectivity index (χ2n) is 6.83. The van der Waals surface area contributed by atoms with Crippen molar-refractivity contribution in [1.82, 2.24) is 24.3 Å². The van der Waals surface area contributed by atoms with Gasteiger partial charge >= 0.3 is 5.69 Å². The van der Waals surface area contributed by atoms with E-state index >= 15 is 0 Å². The molecule has 0 saturated heterocycles. The maximum Gasteiger partial charge on any atom is 0.349 e. The Labute approximate surface area is 170 Å². The van der Waals surface area contributed by atoms with E-state index in [9.17, 15) is 9.59 Å². The Balaban J connectivity index is 2.06. The van der Waals surface area contributed by atoms with Gasteiger partial charge in [-0.1, -0.05) is 30.3 Å². The number of fused-ring (bicyclic) bond motifs is 2. The largest absolute Gasteiger partial charge is 0.495 e. The van der Waals surface area contributed by atoms with E-state index in [1.54, 1.807) is 22.4 Å². The third-order valence-electron chi connectivity index (χ3n) is 5.03. The van der Waals surface area contributed by atoms with Crippen LogP contribution in [0.5, 0.6) is 5.75 Å². The van der Waals surface area contributed by atoms with Crippen molar-refractivity contribution in [3.05, 3.63) is 87.2 Å². The molecule has 3 aromatic rings. The van der Waals surface area contributed by atoms with Crippen molar-refractivity contribution in [3.8, 4) is 28.5 Å². The van der Waals surface area contributed by atoms with Gasteiger partial charge < -0.3 is 4.74 Å². The summed E-state index contributed by atoms with van der Waals surface area (Å²) in [4.78, 5) is 31.1. The number of H-pyrrole nitrogens is 1. The lowest BCUT2D eigenvalue weighted by molar-refractivity contribution is 0.413. The minimum Gasteiger partial charge on any atom is -0.495 e. The number of nitrogens with zero attached hydrogens (tertiary/aromatic N) is 4. The first-order valence-electron chi connectivity index (χ1n) is 9.32. The molecule has 0 amide bonds. The van der Waals surface area contributed by atoms with Crippen molar-refractivity contribution >= 4 is 11.0 Å². The van der Waals surface area contributed by atoms with Gasteiger partial charge in [0.15, 0.2) is 5.82 Å². The maximum absolute atomic E-state index is 12.6. The molecule has 0 fully saturated rings. The first kappa shape index (κ1) is 17.9. The second-order valence-corrected chi connectivity index (χ2v) is 6.83. The number of hydrogen-bond donors (Lipinski definition) is 1. The average Bonchev–Trinajstić information content (AvgIpc) is 3.09. The van der Waals surface area contributed by atoms with Crippen molar-refractivity contribution < 1.29 is 4.74 Å². The van der Waals surface area contributed by atoms with E-state index in [4.69, 9.17) is 9.84 Å². The first-order valence-corrected chi connectivity index (χ1v) is 9.32. The monoisotopic (exact) mass is 399 g/mol. The maximum atomic E-state index is 12.6. The number of methoxy groups -OCH3 is 1. The number of nitrogens with one attached hydrogen (secondary N) is 1. The first-order chi connectivity index (χ1) is 14.6. The van der Waals surface area contributed by atoms with E-state index in [0.29, 0.717) is 22.6 Å². The molecule has 5 rings (SSSR count). The van der Waals surface area contributed by atoms with Gasteiger partial charge in [0, 0.05) is 5.39 Å². The molecule has 30 heavy (non-hydrogen) atoms. The van der Waals surface area contributed by atoms with Crippen LogP contribution in [0.25, 0.3) is 33.8 Å². The lowest BCUT2D eigenvalue weighted by Gasteiger charge is -2.19. The zero-order chi connectivity index (χ0) is 20.8. The summed E-state index contributed by atoms with van der Waals surface area (Å²) in [5.74, 6) is 0.808. The fraction of sp³-hybridized carbons (Fsp3) is 0.0909. The molecule has 2 aliphatic heterocycles. The zero-order valence-electron chi connectivity index (χ0n) is 16.3. The zero-order valence-corrected chi connectivity index (χ0v) is 16.3. The third kappa shape index (κ3) is 2.61. The van der Waals surface area contributed by atoms with E-state index < -0.39 is 11.2 Å². The van der Waals surface area contributed by atoms with Gasteiger partial charge in [-0.25, -0.2) is 9.48 Å². The standard InChI is InChI=1S/C22H17N5O3/c1-13-15-12-16-19(23-22(29)24-20(16)28)26(17-10-6-7-11-18(17)30-2)21(15)27(25-13)14-8-4-3-5-9-14/h3-12H,1-2H3,(H,24,28,29). The van der Waals surface area contributed by atoms with Crippen LogP contribution in [0, 0.1) is 6.92 Å². The number of hydrogen-bond acceptors (Lipinski definition) is 5. The Morgan fingerprint density at radius 1 is 1.00 bits per heavy atom. The van der Waals surface area contributed by atoms with Gasteiger partial charge in [-0.05, 0) is 37.3 Å². The van der Waals surface area contributed by atoms with Crippen LogP contribution >= 0.6 is 0 Å². The summed E-state index contributed by atoms with van der Waals surface area (Å²) in [5, 5.41) is 5.48. The van der Waals surface area contributed by atoms with E-state index in [0.717, 1.165) is 16.8 Å². The number of benzene rings is 2. The lowest BCUT2D eigenvalue weighted by atomic mass is 10.1. The Hall–Kier alpha value is -4.20. The number of aromatic nitrogens is 5. The molecule has 8 nitrogen and oxygen atoms in total. The van der Waals surface area contributed by atoms with Crippen LogP contribution in [-0.2, 0) is 0 Å². The Morgan fingerprint density at radius 2 is 1.73 bits per heavy atom. The van der Waals surface area contributed by atoms with Crippen LogP contribution in [0.1, 0.15) is 5.69 Å². The highest BCUT2D eigenvalue weighted by Crippen LogP contribution is 2.34. The summed E-state index contributed by atoms with van der Waals surface area (Å²) < 4.78 is 9.11. The van der Waals surface area contributed by atoms with Gasteiger partial charge in [0.05, 0.1) is 29.7 Å². The van der Waals surface area contributed by atoms with Crippen LogP contribution in [0.4, 0.5) is 0 Å². The predicted octanol–water partition coefficient (Wildman–Crippen LogP) is 2.68. The molecular formula is C22H17N5O3.